The van der Waals surface area contributed by atoms with Crippen LogP contribution in [0.25, 0.3) is 0 Å². The maximum absolute atomic E-state index is 12.8. The Morgan fingerprint density at radius 2 is 2.14 bits per heavy atom. The molecule has 3 N–H and O–H groups in total. The fourth-order valence-corrected chi connectivity index (χ4v) is 5.23. The van der Waals surface area contributed by atoms with E-state index in [9.17, 15) is 14.9 Å². The third-order valence-corrected chi connectivity index (χ3v) is 6.67. The number of hydrogen-bond acceptors (Lipinski definition) is 6. The van der Waals surface area contributed by atoms with Gasteiger partial charge in [0, 0.05) is 18.1 Å². The van der Waals surface area contributed by atoms with Gasteiger partial charge in [0.1, 0.15) is 17.7 Å². The average molecular weight is 403 g/mol. The van der Waals surface area contributed by atoms with Crippen LogP contribution in [0.5, 0.6) is 5.75 Å². The fraction of sp³-hybridized carbons (Fsp3) is 0.421. The fourth-order valence-electron chi connectivity index (χ4n) is 3.90. The first kappa shape index (κ1) is 18.7. The Labute approximate surface area is 166 Å². The molecule has 3 heterocycles. The average Bonchev–Trinajstić information content (AvgIpc) is 3.05. The molecule has 1 aromatic carbocycles. The number of nitro groups is 1. The van der Waals surface area contributed by atoms with Crippen molar-refractivity contribution in [3.8, 4) is 5.75 Å². The molecular formula is C19H23N4O4S+. The molecule has 0 radical (unpaired) electrons. The number of thiophene rings is 1. The lowest BCUT2D eigenvalue weighted by molar-refractivity contribution is -0.936. The van der Waals surface area contributed by atoms with Gasteiger partial charge >= 0.3 is 5.69 Å². The molecule has 0 saturated heterocycles. The first-order valence-corrected chi connectivity index (χ1v) is 10.1. The lowest BCUT2D eigenvalue weighted by atomic mass is 9.99. The van der Waals surface area contributed by atoms with Gasteiger partial charge in [-0.25, -0.2) is 0 Å². The van der Waals surface area contributed by atoms with Crippen LogP contribution in [0.2, 0.25) is 0 Å². The highest BCUT2D eigenvalue weighted by Gasteiger charge is 2.35. The number of benzene rings is 1. The molecule has 148 valence electrons. The number of carbonyl (C=O) groups is 1. The van der Waals surface area contributed by atoms with E-state index in [1.54, 1.807) is 23.5 Å². The van der Waals surface area contributed by atoms with Gasteiger partial charge in [-0.2, -0.15) is 0 Å². The van der Waals surface area contributed by atoms with Crippen molar-refractivity contribution in [3.63, 3.8) is 0 Å². The van der Waals surface area contributed by atoms with E-state index in [2.05, 4.69) is 24.5 Å². The number of nitrogens with zero attached hydrogens (tertiary/aromatic N) is 1. The van der Waals surface area contributed by atoms with Crippen LogP contribution in [-0.4, -0.2) is 30.5 Å². The molecule has 0 spiro atoms. The van der Waals surface area contributed by atoms with Gasteiger partial charge in [-0.15, -0.1) is 11.3 Å². The number of nitrogens with one attached hydrogen (secondary N) is 3. The first-order chi connectivity index (χ1) is 13.4. The van der Waals surface area contributed by atoms with Crippen LogP contribution in [0.1, 0.15) is 46.4 Å². The molecule has 2 aromatic rings. The largest absolute Gasteiger partial charge is 0.490 e. The van der Waals surface area contributed by atoms with Crippen molar-refractivity contribution in [2.45, 2.75) is 39.0 Å². The summed E-state index contributed by atoms with van der Waals surface area (Å²) in [6.45, 7) is 6.38. The Kier molecular flexibility index (Phi) is 4.72. The van der Waals surface area contributed by atoms with E-state index in [0.717, 1.165) is 35.6 Å². The predicted octanol–water partition coefficient (Wildman–Crippen LogP) is 1.87. The first-order valence-electron chi connectivity index (χ1n) is 9.28. The molecule has 0 bridgehead atoms. The zero-order valence-electron chi connectivity index (χ0n) is 16.0. The SMILES string of the molecule is COc1ccc([C@H]2NC(=O)c3c(sc4c3CC[NH+](C(C)C)C4)N2)cc1[N+](=O)[O-]. The van der Waals surface area contributed by atoms with Crippen molar-refractivity contribution in [1.82, 2.24) is 5.32 Å². The van der Waals surface area contributed by atoms with Crippen LogP contribution in [-0.2, 0) is 13.0 Å². The van der Waals surface area contributed by atoms with E-state index < -0.39 is 11.1 Å². The number of anilines is 1. The minimum Gasteiger partial charge on any atom is -0.490 e. The molecular weight excluding hydrogens is 380 g/mol. The van der Waals surface area contributed by atoms with Gasteiger partial charge in [0.15, 0.2) is 5.75 Å². The van der Waals surface area contributed by atoms with Gasteiger partial charge in [0.2, 0.25) is 0 Å². The summed E-state index contributed by atoms with van der Waals surface area (Å²) in [5, 5.41) is 18.5. The predicted molar refractivity (Wildman–Crippen MR) is 106 cm³/mol. The molecule has 0 aliphatic carbocycles. The van der Waals surface area contributed by atoms with Gasteiger partial charge in [-0.05, 0) is 25.5 Å². The topological polar surface area (TPSA) is 97.9 Å². The molecule has 28 heavy (non-hydrogen) atoms. The minimum atomic E-state index is -0.516. The van der Waals surface area contributed by atoms with Crippen LogP contribution in [0.3, 0.4) is 0 Å². The Morgan fingerprint density at radius 3 is 2.82 bits per heavy atom. The van der Waals surface area contributed by atoms with E-state index in [0.29, 0.717) is 11.6 Å². The molecule has 8 nitrogen and oxygen atoms in total. The summed E-state index contributed by atoms with van der Waals surface area (Å²) in [6.07, 6.45) is 0.376. The molecule has 0 saturated carbocycles. The van der Waals surface area contributed by atoms with Crippen molar-refractivity contribution in [1.29, 1.82) is 0 Å². The lowest BCUT2D eigenvalue weighted by Crippen LogP contribution is -3.14. The number of rotatable bonds is 4. The Bertz CT molecular complexity index is 956. The lowest BCUT2D eigenvalue weighted by Gasteiger charge is -2.28. The summed E-state index contributed by atoms with van der Waals surface area (Å²) in [5.41, 5.74) is 2.38. The van der Waals surface area contributed by atoms with E-state index in [1.807, 2.05) is 0 Å². The second-order valence-corrected chi connectivity index (χ2v) is 8.54. The van der Waals surface area contributed by atoms with Crippen LogP contribution < -0.4 is 20.3 Å². The molecule has 9 heteroatoms. The highest BCUT2D eigenvalue weighted by molar-refractivity contribution is 7.16. The Morgan fingerprint density at radius 1 is 1.36 bits per heavy atom. The van der Waals surface area contributed by atoms with E-state index in [1.165, 1.54) is 23.0 Å². The summed E-state index contributed by atoms with van der Waals surface area (Å²) < 4.78 is 5.06. The molecule has 1 aromatic heterocycles. The summed E-state index contributed by atoms with van der Waals surface area (Å²) in [7, 11) is 1.40. The van der Waals surface area contributed by atoms with Crippen molar-refractivity contribution < 1.29 is 19.4 Å². The second-order valence-electron chi connectivity index (χ2n) is 7.44. The number of hydrogen-bond donors (Lipinski definition) is 3. The van der Waals surface area contributed by atoms with Gasteiger partial charge in [0.25, 0.3) is 5.91 Å². The summed E-state index contributed by atoms with van der Waals surface area (Å²) in [4.78, 5) is 26.5. The van der Waals surface area contributed by atoms with Gasteiger partial charge in [-0.3, -0.25) is 14.9 Å². The van der Waals surface area contributed by atoms with Crippen molar-refractivity contribution in [2.24, 2.45) is 0 Å². The highest BCUT2D eigenvalue weighted by atomic mass is 32.1. The maximum Gasteiger partial charge on any atom is 0.311 e. The van der Waals surface area contributed by atoms with Crippen LogP contribution in [0.4, 0.5) is 10.7 Å². The third-order valence-electron chi connectivity index (χ3n) is 5.50. The van der Waals surface area contributed by atoms with Crippen molar-refractivity contribution >= 4 is 27.9 Å². The van der Waals surface area contributed by atoms with E-state index in [4.69, 9.17) is 4.74 Å². The summed E-state index contributed by atoms with van der Waals surface area (Å²) in [5.74, 6) is 0.0719. The maximum atomic E-state index is 12.8. The minimum absolute atomic E-state index is 0.122. The molecule has 2 aliphatic rings. The number of methoxy groups -OCH3 is 1. The molecule has 2 aliphatic heterocycles. The van der Waals surface area contributed by atoms with Gasteiger partial charge in [-0.1, -0.05) is 6.07 Å². The van der Waals surface area contributed by atoms with E-state index in [-0.39, 0.29) is 17.3 Å². The van der Waals surface area contributed by atoms with Crippen molar-refractivity contribution in [3.05, 3.63) is 49.9 Å². The molecule has 2 atom stereocenters. The summed E-state index contributed by atoms with van der Waals surface area (Å²) in [6, 6.07) is 5.27. The number of quaternary nitrogens is 1. The third kappa shape index (κ3) is 3.10. The van der Waals surface area contributed by atoms with Crippen molar-refractivity contribution in [2.75, 3.05) is 19.0 Å². The zero-order chi connectivity index (χ0) is 20.0. The molecule has 0 fully saturated rings. The Hall–Kier alpha value is -2.65. The molecule has 1 unspecified atom stereocenters. The Balaban J connectivity index is 1.65. The number of ether oxygens (including phenoxy) is 1. The van der Waals surface area contributed by atoms with Crippen LogP contribution >= 0.6 is 11.3 Å². The number of fused-ring (bicyclic) bond motifs is 3. The monoisotopic (exact) mass is 403 g/mol. The molecule has 1 amide bonds. The normalized spacial score (nSPS) is 20.8. The van der Waals surface area contributed by atoms with Gasteiger partial charge < -0.3 is 20.3 Å². The summed E-state index contributed by atoms with van der Waals surface area (Å²) >= 11 is 1.63. The smallest absolute Gasteiger partial charge is 0.311 e. The second kappa shape index (κ2) is 7.06. The van der Waals surface area contributed by atoms with Crippen LogP contribution in [0.15, 0.2) is 18.2 Å². The number of amides is 1. The van der Waals surface area contributed by atoms with Crippen LogP contribution in [0, 0.1) is 10.1 Å². The molecule has 4 rings (SSSR count). The number of nitro benzene ring substituents is 1. The highest BCUT2D eigenvalue weighted by Crippen LogP contribution is 2.40. The number of carbonyl (C=O) groups excluding carboxylic acids is 1. The quantitative estimate of drug-likeness (QED) is 0.535. The zero-order valence-corrected chi connectivity index (χ0v) is 16.8. The van der Waals surface area contributed by atoms with Gasteiger partial charge in [0.05, 0.1) is 35.1 Å². The standard InChI is InChI=1S/C19H22N4O4S/c1-10(2)22-7-6-12-15(9-22)28-19-16(12)18(24)20-17(21-19)11-4-5-14(27-3)13(8-11)23(25)26/h4-5,8,10,17,21H,6-7,9H2,1-3H3,(H,20,24)/p+1/t17-/m0/s1. The van der Waals surface area contributed by atoms with E-state index >= 15 is 0 Å².